The summed E-state index contributed by atoms with van der Waals surface area (Å²) in [6.07, 6.45) is 6.32. The number of fused-ring (bicyclic) bond motifs is 1. The quantitative estimate of drug-likeness (QED) is 0.489. The number of benzene rings is 1. The second-order valence-electron chi connectivity index (χ2n) is 12.1. The number of carbonyl (C=O) groups excluding carboxylic acids is 3. The van der Waals surface area contributed by atoms with E-state index < -0.39 is 29.6 Å². The summed E-state index contributed by atoms with van der Waals surface area (Å²) in [5, 5.41) is 6.83. The lowest BCUT2D eigenvalue weighted by Gasteiger charge is -2.38. The highest BCUT2D eigenvalue weighted by molar-refractivity contribution is 6.30. The number of rotatable bonds is 7. The number of anilines is 1. The molecule has 1 aromatic rings. The maximum absolute atomic E-state index is 14.2. The Bertz CT molecular complexity index is 1170. The lowest BCUT2D eigenvalue weighted by molar-refractivity contribution is -0.142. The van der Waals surface area contributed by atoms with Gasteiger partial charge in [-0.15, -0.1) is 0 Å². The van der Waals surface area contributed by atoms with E-state index in [0.29, 0.717) is 48.8 Å². The molecule has 0 unspecified atom stereocenters. The molecule has 1 aliphatic carbocycles. The third kappa shape index (κ3) is 4.85. The van der Waals surface area contributed by atoms with Crippen LogP contribution < -0.4 is 10.6 Å². The number of likely N-dealkylation sites (tertiary alicyclic amines) is 1. The van der Waals surface area contributed by atoms with Gasteiger partial charge in [-0.1, -0.05) is 50.4 Å². The Morgan fingerprint density at radius 1 is 1.07 bits per heavy atom. The van der Waals surface area contributed by atoms with E-state index in [4.69, 9.17) is 21.1 Å². The summed E-state index contributed by atoms with van der Waals surface area (Å²) in [5.41, 5.74) is -0.568. The molecule has 1 saturated carbocycles. The van der Waals surface area contributed by atoms with Gasteiger partial charge in [-0.2, -0.15) is 0 Å². The van der Waals surface area contributed by atoms with E-state index in [2.05, 4.69) is 29.4 Å². The first-order chi connectivity index (χ1) is 19.3. The van der Waals surface area contributed by atoms with E-state index in [0.717, 1.165) is 32.4 Å². The Morgan fingerprint density at radius 3 is 2.58 bits per heavy atom. The Labute approximate surface area is 240 Å². The van der Waals surface area contributed by atoms with Crippen molar-refractivity contribution in [3.63, 3.8) is 0 Å². The molecule has 6 rings (SSSR count). The number of ether oxygens (including phenoxy) is 2. The van der Waals surface area contributed by atoms with Gasteiger partial charge in [0, 0.05) is 42.9 Å². The molecule has 4 aliphatic heterocycles. The van der Waals surface area contributed by atoms with Gasteiger partial charge in [0.1, 0.15) is 11.6 Å². The third-order valence-electron chi connectivity index (χ3n) is 9.83. The van der Waals surface area contributed by atoms with E-state index in [1.165, 1.54) is 0 Å². The zero-order chi connectivity index (χ0) is 28.0. The SMILES string of the molecule is C[C@@H]1[C@H](C)CCC[C@@H]1NC(=O)[C@@H]1N(CCN2CCOCC2)C(=O)[C@H]2[C@H](C(=O)Nc3ccc(Cl)cc3)[C@H]3C=C[C@@]12O3. The Balaban J connectivity index is 1.27. The molecule has 0 aromatic heterocycles. The van der Waals surface area contributed by atoms with Crippen LogP contribution in [0.4, 0.5) is 5.69 Å². The average Bonchev–Trinajstić information content (AvgIpc) is 3.59. The highest BCUT2D eigenvalue weighted by atomic mass is 35.5. The second-order valence-corrected chi connectivity index (χ2v) is 12.5. The van der Waals surface area contributed by atoms with Gasteiger partial charge in [0.2, 0.25) is 17.7 Å². The highest BCUT2D eigenvalue weighted by Gasteiger charge is 2.72. The van der Waals surface area contributed by atoms with Crippen molar-refractivity contribution in [3.8, 4) is 0 Å². The van der Waals surface area contributed by atoms with Crippen molar-refractivity contribution >= 4 is 35.0 Å². The van der Waals surface area contributed by atoms with Crippen LogP contribution in [0, 0.1) is 23.7 Å². The maximum Gasteiger partial charge on any atom is 0.246 e. The van der Waals surface area contributed by atoms with Crippen molar-refractivity contribution < 1.29 is 23.9 Å². The minimum absolute atomic E-state index is 0.0504. The highest BCUT2D eigenvalue weighted by Crippen LogP contribution is 2.55. The number of carbonyl (C=O) groups is 3. The third-order valence-corrected chi connectivity index (χ3v) is 10.1. The summed E-state index contributed by atoms with van der Waals surface area (Å²) >= 11 is 6.01. The van der Waals surface area contributed by atoms with Crippen molar-refractivity contribution in [2.45, 2.75) is 56.9 Å². The van der Waals surface area contributed by atoms with Gasteiger partial charge in [0.15, 0.2) is 0 Å². The molecule has 0 radical (unpaired) electrons. The van der Waals surface area contributed by atoms with Crippen LogP contribution >= 0.6 is 11.6 Å². The fraction of sp³-hybridized carbons (Fsp3) is 0.633. The summed E-state index contributed by atoms with van der Waals surface area (Å²) < 4.78 is 12.0. The molecule has 4 fully saturated rings. The standard InChI is InChI=1S/C30H39ClN4O5/c1-18-4-3-5-22(19(18)2)33-28(37)26-30-11-10-23(40-30)24(27(36)32-21-8-6-20(31)7-9-21)25(30)29(38)35(26)13-12-34-14-16-39-17-15-34/h6-11,18-19,22-26H,3-5,12-17H2,1-2H3,(H,32,36)(H,33,37)/t18-,19-,22+,23-,24-,25-,26+,30+/m1/s1. The minimum atomic E-state index is -1.16. The van der Waals surface area contributed by atoms with Gasteiger partial charge in [-0.3, -0.25) is 19.3 Å². The van der Waals surface area contributed by atoms with Gasteiger partial charge in [-0.25, -0.2) is 0 Å². The van der Waals surface area contributed by atoms with E-state index in [-0.39, 0.29) is 23.8 Å². The Morgan fingerprint density at radius 2 is 1.82 bits per heavy atom. The van der Waals surface area contributed by atoms with Gasteiger partial charge in [0.05, 0.1) is 31.2 Å². The number of nitrogens with one attached hydrogen (secondary N) is 2. The van der Waals surface area contributed by atoms with E-state index in [1.807, 2.05) is 12.2 Å². The first-order valence-corrected chi connectivity index (χ1v) is 15.0. The molecule has 40 heavy (non-hydrogen) atoms. The molecule has 3 saturated heterocycles. The molecular formula is C30H39ClN4O5. The molecule has 9 nitrogen and oxygen atoms in total. The summed E-state index contributed by atoms with van der Waals surface area (Å²) in [4.78, 5) is 45.8. The van der Waals surface area contributed by atoms with Gasteiger partial charge >= 0.3 is 0 Å². The van der Waals surface area contributed by atoms with E-state index in [9.17, 15) is 14.4 Å². The molecule has 10 heteroatoms. The topological polar surface area (TPSA) is 100 Å². The number of amides is 3. The van der Waals surface area contributed by atoms with Crippen LogP contribution in [0.5, 0.6) is 0 Å². The summed E-state index contributed by atoms with van der Waals surface area (Å²) in [5.74, 6) is -1.30. The summed E-state index contributed by atoms with van der Waals surface area (Å²) in [7, 11) is 0. The molecule has 5 aliphatic rings. The fourth-order valence-corrected chi connectivity index (χ4v) is 7.51. The molecule has 4 heterocycles. The predicted molar refractivity (Wildman–Crippen MR) is 151 cm³/mol. The minimum Gasteiger partial charge on any atom is -0.379 e. The van der Waals surface area contributed by atoms with Crippen LogP contribution in [-0.4, -0.2) is 90.7 Å². The molecule has 8 atom stereocenters. The molecule has 1 aromatic carbocycles. The second kappa shape index (κ2) is 11.1. The Hall–Kier alpha value is -2.46. The molecular weight excluding hydrogens is 532 g/mol. The molecule has 216 valence electrons. The van der Waals surface area contributed by atoms with Crippen molar-refractivity contribution in [3.05, 3.63) is 41.4 Å². The summed E-state index contributed by atoms with van der Waals surface area (Å²) in [6, 6.07) is 6.09. The smallest absolute Gasteiger partial charge is 0.246 e. The van der Waals surface area contributed by atoms with Crippen LogP contribution in [0.15, 0.2) is 36.4 Å². The van der Waals surface area contributed by atoms with Crippen LogP contribution in [0.1, 0.15) is 33.1 Å². The first kappa shape index (κ1) is 27.7. The Kier molecular flexibility index (Phi) is 7.67. The number of hydrogen-bond donors (Lipinski definition) is 2. The van der Waals surface area contributed by atoms with Crippen LogP contribution in [-0.2, 0) is 23.9 Å². The van der Waals surface area contributed by atoms with Crippen LogP contribution in [0.2, 0.25) is 5.02 Å². The lowest BCUT2D eigenvalue weighted by atomic mass is 9.73. The lowest BCUT2D eigenvalue weighted by Crippen LogP contribution is -2.58. The van der Waals surface area contributed by atoms with Crippen molar-refractivity contribution in [1.82, 2.24) is 15.1 Å². The summed E-state index contributed by atoms with van der Waals surface area (Å²) in [6.45, 7) is 8.34. The fourth-order valence-electron chi connectivity index (χ4n) is 7.39. The molecule has 2 bridgehead atoms. The van der Waals surface area contributed by atoms with Gasteiger partial charge in [-0.05, 0) is 42.5 Å². The van der Waals surface area contributed by atoms with Crippen molar-refractivity contribution in [1.29, 1.82) is 0 Å². The predicted octanol–water partition coefficient (Wildman–Crippen LogP) is 2.70. The molecule has 2 N–H and O–H groups in total. The normalized spacial score (nSPS) is 37.0. The number of nitrogens with zero attached hydrogens (tertiary/aromatic N) is 2. The molecule has 3 amide bonds. The van der Waals surface area contributed by atoms with Crippen LogP contribution in [0.25, 0.3) is 0 Å². The van der Waals surface area contributed by atoms with Crippen molar-refractivity contribution in [2.75, 3.05) is 44.7 Å². The van der Waals surface area contributed by atoms with Crippen molar-refractivity contribution in [2.24, 2.45) is 23.7 Å². The number of halogens is 1. The first-order valence-electron chi connectivity index (χ1n) is 14.6. The molecule has 1 spiro atoms. The largest absolute Gasteiger partial charge is 0.379 e. The number of hydrogen-bond acceptors (Lipinski definition) is 6. The van der Waals surface area contributed by atoms with Gasteiger partial charge < -0.3 is 25.0 Å². The maximum atomic E-state index is 14.2. The van der Waals surface area contributed by atoms with Gasteiger partial charge in [0.25, 0.3) is 0 Å². The van der Waals surface area contributed by atoms with E-state index in [1.54, 1.807) is 29.2 Å². The van der Waals surface area contributed by atoms with Crippen LogP contribution in [0.3, 0.4) is 0 Å². The van der Waals surface area contributed by atoms with E-state index >= 15 is 0 Å². The zero-order valence-corrected chi connectivity index (χ0v) is 23.9. The average molecular weight is 571 g/mol. The number of morpholine rings is 1. The zero-order valence-electron chi connectivity index (χ0n) is 23.2. The monoisotopic (exact) mass is 570 g/mol.